The van der Waals surface area contributed by atoms with Gasteiger partial charge in [0.25, 0.3) is 0 Å². The number of nitrogens with one attached hydrogen (secondary N) is 1. The monoisotopic (exact) mass is 173 g/mol. The minimum atomic E-state index is 0.585. The molecular weight excluding hydrogens is 150 g/mol. The lowest BCUT2D eigenvalue weighted by atomic mass is 9.97. The average molecular weight is 173 g/mol. The van der Waals surface area contributed by atoms with Crippen molar-refractivity contribution < 1.29 is 4.74 Å². The fourth-order valence-corrected chi connectivity index (χ4v) is 1.05. The molecule has 0 aliphatic rings. The normalized spacial score (nSPS) is 16.5. The van der Waals surface area contributed by atoms with E-state index in [4.69, 9.17) is 4.74 Å². The Kier molecular flexibility index (Phi) is 6.39. The smallest absolute Gasteiger partial charge is 0.0490 e. The van der Waals surface area contributed by atoms with Crippen molar-refractivity contribution in [3.8, 4) is 0 Å². The van der Waals surface area contributed by atoms with Crippen molar-refractivity contribution in [2.24, 2.45) is 11.8 Å². The Morgan fingerprint density at radius 3 is 2.08 bits per heavy atom. The highest BCUT2D eigenvalue weighted by Crippen LogP contribution is 2.09. The number of rotatable bonds is 6. The fourth-order valence-electron chi connectivity index (χ4n) is 1.05. The molecule has 74 valence electrons. The fraction of sp³-hybridized carbons (Fsp3) is 1.00. The lowest BCUT2D eigenvalue weighted by Gasteiger charge is -2.20. The standard InChI is InChI=1S/C10H23NO/c1-8(2)11-6-9(3)10(4)7-12-5/h8-11H,6-7H2,1-5H3. The van der Waals surface area contributed by atoms with Crippen molar-refractivity contribution in [1.29, 1.82) is 0 Å². The highest BCUT2D eigenvalue weighted by Gasteiger charge is 2.11. The molecule has 0 aromatic heterocycles. The Hall–Kier alpha value is -0.0800. The Labute approximate surface area is 76.7 Å². The van der Waals surface area contributed by atoms with Gasteiger partial charge in [0.1, 0.15) is 0 Å². The molecule has 0 saturated carbocycles. The van der Waals surface area contributed by atoms with E-state index in [0.29, 0.717) is 17.9 Å². The lowest BCUT2D eigenvalue weighted by Crippen LogP contribution is -2.31. The molecule has 2 unspecified atom stereocenters. The molecule has 0 heterocycles. The third-order valence-corrected chi connectivity index (χ3v) is 2.25. The largest absolute Gasteiger partial charge is 0.384 e. The summed E-state index contributed by atoms with van der Waals surface area (Å²) < 4.78 is 5.10. The van der Waals surface area contributed by atoms with Gasteiger partial charge in [0.15, 0.2) is 0 Å². The first-order valence-electron chi connectivity index (χ1n) is 4.80. The van der Waals surface area contributed by atoms with E-state index in [2.05, 4.69) is 33.0 Å². The van der Waals surface area contributed by atoms with Crippen LogP contribution in [0.25, 0.3) is 0 Å². The van der Waals surface area contributed by atoms with Crippen molar-refractivity contribution >= 4 is 0 Å². The van der Waals surface area contributed by atoms with Gasteiger partial charge in [-0.1, -0.05) is 27.7 Å². The first-order chi connectivity index (χ1) is 5.57. The van der Waals surface area contributed by atoms with Crippen LogP contribution in [0.15, 0.2) is 0 Å². The minimum absolute atomic E-state index is 0.585. The van der Waals surface area contributed by atoms with Crippen molar-refractivity contribution in [2.75, 3.05) is 20.3 Å². The summed E-state index contributed by atoms with van der Waals surface area (Å²) >= 11 is 0. The number of hydrogen-bond donors (Lipinski definition) is 1. The minimum Gasteiger partial charge on any atom is -0.384 e. The molecule has 12 heavy (non-hydrogen) atoms. The van der Waals surface area contributed by atoms with Crippen molar-refractivity contribution in [2.45, 2.75) is 33.7 Å². The van der Waals surface area contributed by atoms with Crippen LogP contribution >= 0.6 is 0 Å². The van der Waals surface area contributed by atoms with E-state index in [-0.39, 0.29) is 0 Å². The van der Waals surface area contributed by atoms with Gasteiger partial charge in [-0.2, -0.15) is 0 Å². The van der Waals surface area contributed by atoms with Crippen LogP contribution in [0.2, 0.25) is 0 Å². The predicted octanol–water partition coefficient (Wildman–Crippen LogP) is 1.90. The first kappa shape index (κ1) is 11.9. The SMILES string of the molecule is COCC(C)C(C)CNC(C)C. The lowest BCUT2D eigenvalue weighted by molar-refractivity contribution is 0.132. The Balaban J connectivity index is 3.49. The van der Waals surface area contributed by atoms with Crippen molar-refractivity contribution in [3.05, 3.63) is 0 Å². The van der Waals surface area contributed by atoms with E-state index in [1.54, 1.807) is 7.11 Å². The van der Waals surface area contributed by atoms with Crippen LogP contribution in [0, 0.1) is 11.8 Å². The van der Waals surface area contributed by atoms with E-state index in [0.717, 1.165) is 13.2 Å². The molecular formula is C10H23NO. The zero-order valence-electron chi connectivity index (χ0n) is 9.05. The summed E-state index contributed by atoms with van der Waals surface area (Å²) in [6, 6.07) is 0.585. The second-order valence-corrected chi connectivity index (χ2v) is 3.97. The maximum atomic E-state index is 5.10. The molecule has 2 heteroatoms. The molecule has 0 aliphatic heterocycles. The van der Waals surface area contributed by atoms with Gasteiger partial charge >= 0.3 is 0 Å². The molecule has 0 aromatic carbocycles. The van der Waals surface area contributed by atoms with Crippen LogP contribution in [-0.4, -0.2) is 26.3 Å². The van der Waals surface area contributed by atoms with Gasteiger partial charge < -0.3 is 10.1 Å². The average Bonchev–Trinajstić information content (AvgIpc) is 2.00. The van der Waals surface area contributed by atoms with Crippen molar-refractivity contribution in [1.82, 2.24) is 5.32 Å². The summed E-state index contributed by atoms with van der Waals surface area (Å²) in [6.07, 6.45) is 0. The van der Waals surface area contributed by atoms with Gasteiger partial charge in [0.05, 0.1) is 0 Å². The molecule has 0 rings (SSSR count). The third kappa shape index (κ3) is 5.56. The zero-order valence-corrected chi connectivity index (χ0v) is 9.05. The number of ether oxygens (including phenoxy) is 1. The molecule has 1 N–H and O–H groups in total. The van der Waals surface area contributed by atoms with Crippen LogP contribution in [0.4, 0.5) is 0 Å². The summed E-state index contributed by atoms with van der Waals surface area (Å²) in [5.74, 6) is 1.33. The maximum Gasteiger partial charge on any atom is 0.0490 e. The first-order valence-corrected chi connectivity index (χ1v) is 4.80. The molecule has 0 bridgehead atoms. The van der Waals surface area contributed by atoms with Gasteiger partial charge in [0.2, 0.25) is 0 Å². The molecule has 0 radical (unpaired) electrons. The third-order valence-electron chi connectivity index (χ3n) is 2.25. The zero-order chi connectivity index (χ0) is 9.56. The summed E-state index contributed by atoms with van der Waals surface area (Å²) in [4.78, 5) is 0. The van der Waals surface area contributed by atoms with Crippen LogP contribution in [0.3, 0.4) is 0 Å². The van der Waals surface area contributed by atoms with Gasteiger partial charge in [0, 0.05) is 19.8 Å². The topological polar surface area (TPSA) is 21.3 Å². The van der Waals surface area contributed by atoms with Crippen LogP contribution in [0.5, 0.6) is 0 Å². The van der Waals surface area contributed by atoms with E-state index in [9.17, 15) is 0 Å². The summed E-state index contributed by atoms with van der Waals surface area (Å²) in [5, 5.41) is 3.43. The van der Waals surface area contributed by atoms with E-state index < -0.39 is 0 Å². The molecule has 0 spiro atoms. The highest BCUT2D eigenvalue weighted by atomic mass is 16.5. The Morgan fingerprint density at radius 2 is 1.67 bits per heavy atom. The van der Waals surface area contributed by atoms with Crippen LogP contribution in [0.1, 0.15) is 27.7 Å². The molecule has 2 nitrogen and oxygen atoms in total. The van der Waals surface area contributed by atoms with Crippen LogP contribution in [-0.2, 0) is 4.74 Å². The molecule has 0 fully saturated rings. The highest BCUT2D eigenvalue weighted by molar-refractivity contribution is 4.65. The molecule has 0 aromatic rings. The summed E-state index contributed by atoms with van der Waals surface area (Å²) in [5.41, 5.74) is 0. The molecule has 0 amide bonds. The summed E-state index contributed by atoms with van der Waals surface area (Å²) in [6.45, 7) is 10.8. The van der Waals surface area contributed by atoms with Crippen LogP contribution < -0.4 is 5.32 Å². The van der Waals surface area contributed by atoms with Crippen molar-refractivity contribution in [3.63, 3.8) is 0 Å². The van der Waals surface area contributed by atoms with Gasteiger partial charge in [-0.05, 0) is 18.4 Å². The van der Waals surface area contributed by atoms with E-state index in [1.165, 1.54) is 0 Å². The molecule has 0 saturated heterocycles. The Morgan fingerprint density at radius 1 is 1.08 bits per heavy atom. The van der Waals surface area contributed by atoms with Gasteiger partial charge in [-0.25, -0.2) is 0 Å². The number of hydrogen-bond acceptors (Lipinski definition) is 2. The molecule has 2 atom stereocenters. The second-order valence-electron chi connectivity index (χ2n) is 3.97. The second kappa shape index (κ2) is 6.44. The van der Waals surface area contributed by atoms with Gasteiger partial charge in [-0.3, -0.25) is 0 Å². The number of methoxy groups -OCH3 is 1. The maximum absolute atomic E-state index is 5.10. The Bertz CT molecular complexity index is 104. The quantitative estimate of drug-likeness (QED) is 0.662. The van der Waals surface area contributed by atoms with Gasteiger partial charge in [-0.15, -0.1) is 0 Å². The van der Waals surface area contributed by atoms with E-state index in [1.807, 2.05) is 0 Å². The predicted molar refractivity (Wildman–Crippen MR) is 53.3 cm³/mol. The van der Waals surface area contributed by atoms with E-state index >= 15 is 0 Å². The molecule has 0 aliphatic carbocycles. The summed E-state index contributed by atoms with van der Waals surface area (Å²) in [7, 11) is 1.76.